The molecule has 0 heterocycles. The number of nitrogens with zero attached hydrogens (tertiary/aromatic N) is 1. The fraction of sp³-hybridized carbons (Fsp3) is 0.467. The van der Waals surface area contributed by atoms with Gasteiger partial charge in [0.15, 0.2) is 0 Å². The zero-order valence-electron chi connectivity index (χ0n) is 13.1. The smallest absolute Gasteiger partial charge is 0.249 e. The molecule has 1 aromatic rings. The summed E-state index contributed by atoms with van der Waals surface area (Å²) >= 11 is 12.0. The largest absolute Gasteiger partial charge is 0.382 e. The molecule has 0 aromatic heterocycles. The number of ether oxygens (including phenoxy) is 2. The Morgan fingerprint density at radius 1 is 1.22 bits per heavy atom. The van der Waals surface area contributed by atoms with Crippen LogP contribution in [0, 0.1) is 0 Å². The molecule has 6 nitrogen and oxygen atoms in total. The van der Waals surface area contributed by atoms with Gasteiger partial charge in [-0.25, -0.2) is 0 Å². The van der Waals surface area contributed by atoms with Gasteiger partial charge in [-0.1, -0.05) is 29.3 Å². The van der Waals surface area contributed by atoms with Crippen molar-refractivity contribution in [1.82, 2.24) is 4.90 Å². The monoisotopic (exact) mass is 362 g/mol. The molecule has 0 saturated heterocycles. The van der Waals surface area contributed by atoms with Crippen molar-refractivity contribution in [2.45, 2.75) is 6.92 Å². The van der Waals surface area contributed by atoms with Crippen LogP contribution in [0.15, 0.2) is 18.2 Å². The molecule has 23 heavy (non-hydrogen) atoms. The second-order valence-electron chi connectivity index (χ2n) is 4.60. The van der Waals surface area contributed by atoms with E-state index in [4.69, 9.17) is 32.7 Å². The molecule has 0 saturated carbocycles. The number of halogens is 2. The van der Waals surface area contributed by atoms with Gasteiger partial charge < -0.3 is 19.7 Å². The Labute approximate surface area is 145 Å². The first-order valence-electron chi connectivity index (χ1n) is 7.07. The number of benzene rings is 1. The molecule has 1 rings (SSSR count). The first-order valence-corrected chi connectivity index (χ1v) is 7.83. The lowest BCUT2D eigenvalue weighted by molar-refractivity contribution is -0.139. The molecule has 0 aliphatic heterocycles. The summed E-state index contributed by atoms with van der Waals surface area (Å²) < 4.78 is 9.99. The Morgan fingerprint density at radius 3 is 2.43 bits per heavy atom. The lowest BCUT2D eigenvalue weighted by atomic mass is 10.3. The Kier molecular flexibility index (Phi) is 8.94. The standard InChI is InChI=1S/C15H20Cl2N2O4/c1-3-19(14(21)10-23-8-7-22-2)9-13(20)18-15-11(16)5-4-6-12(15)17/h4-6H,3,7-10H2,1-2H3,(H,18,20). The van der Waals surface area contributed by atoms with Crippen molar-refractivity contribution in [2.75, 3.05) is 45.3 Å². The normalized spacial score (nSPS) is 10.4. The van der Waals surface area contributed by atoms with Crippen LogP contribution in [0.25, 0.3) is 0 Å². The molecule has 0 fully saturated rings. The van der Waals surface area contributed by atoms with E-state index in [2.05, 4.69) is 5.32 Å². The van der Waals surface area contributed by atoms with E-state index >= 15 is 0 Å². The molecule has 0 aliphatic carbocycles. The minimum absolute atomic E-state index is 0.0999. The second-order valence-corrected chi connectivity index (χ2v) is 5.41. The first kappa shape index (κ1) is 19.7. The lowest BCUT2D eigenvalue weighted by Crippen LogP contribution is -2.40. The predicted molar refractivity (Wildman–Crippen MR) is 90.0 cm³/mol. The van der Waals surface area contributed by atoms with Gasteiger partial charge in [-0.15, -0.1) is 0 Å². The van der Waals surface area contributed by atoms with Crippen LogP contribution in [-0.2, 0) is 19.1 Å². The van der Waals surface area contributed by atoms with E-state index in [1.54, 1.807) is 32.2 Å². The SMILES string of the molecule is CCN(CC(=O)Nc1c(Cl)cccc1Cl)C(=O)COCCOC. The Morgan fingerprint density at radius 2 is 1.87 bits per heavy atom. The summed E-state index contributed by atoms with van der Waals surface area (Å²) in [7, 11) is 1.55. The number of hydrogen-bond donors (Lipinski definition) is 1. The quantitative estimate of drug-likeness (QED) is 0.685. The highest BCUT2D eigenvalue weighted by atomic mass is 35.5. The highest BCUT2D eigenvalue weighted by Crippen LogP contribution is 2.29. The number of methoxy groups -OCH3 is 1. The van der Waals surface area contributed by atoms with Crippen LogP contribution < -0.4 is 5.32 Å². The average molecular weight is 363 g/mol. The number of likely N-dealkylation sites (N-methyl/N-ethyl adjacent to an activating group) is 1. The van der Waals surface area contributed by atoms with Gasteiger partial charge in [0.2, 0.25) is 11.8 Å². The molecule has 0 atom stereocenters. The number of rotatable bonds is 9. The summed E-state index contributed by atoms with van der Waals surface area (Å²) in [6.45, 7) is 2.69. The highest BCUT2D eigenvalue weighted by Gasteiger charge is 2.17. The van der Waals surface area contributed by atoms with E-state index in [-0.39, 0.29) is 25.0 Å². The molecule has 1 aromatic carbocycles. The number of amides is 2. The van der Waals surface area contributed by atoms with Crippen molar-refractivity contribution in [3.05, 3.63) is 28.2 Å². The maximum atomic E-state index is 12.1. The summed E-state index contributed by atoms with van der Waals surface area (Å²) in [5.74, 6) is -0.656. The van der Waals surface area contributed by atoms with Crippen LogP contribution in [0.3, 0.4) is 0 Å². The Hall–Kier alpha value is -1.34. The van der Waals surface area contributed by atoms with Gasteiger partial charge in [0.05, 0.1) is 35.5 Å². The summed E-state index contributed by atoms with van der Waals surface area (Å²) in [5.41, 5.74) is 0.334. The summed E-state index contributed by atoms with van der Waals surface area (Å²) in [6.07, 6.45) is 0. The van der Waals surface area contributed by atoms with Gasteiger partial charge in [-0.05, 0) is 19.1 Å². The van der Waals surface area contributed by atoms with Crippen LogP contribution in [-0.4, -0.2) is 56.7 Å². The van der Waals surface area contributed by atoms with Crippen molar-refractivity contribution >= 4 is 40.7 Å². The van der Waals surface area contributed by atoms with E-state index in [1.807, 2.05) is 0 Å². The number of carbonyl (C=O) groups is 2. The molecule has 128 valence electrons. The second kappa shape index (κ2) is 10.4. The van der Waals surface area contributed by atoms with E-state index in [0.717, 1.165) is 0 Å². The fourth-order valence-corrected chi connectivity index (χ4v) is 2.23. The average Bonchev–Trinajstić information content (AvgIpc) is 2.52. The van der Waals surface area contributed by atoms with Crippen LogP contribution in [0.1, 0.15) is 6.92 Å². The molecular weight excluding hydrogens is 343 g/mol. The maximum Gasteiger partial charge on any atom is 0.249 e. The predicted octanol–water partition coefficient (Wildman–Crippen LogP) is 2.44. The number of anilines is 1. The van der Waals surface area contributed by atoms with Crippen molar-refractivity contribution in [3.8, 4) is 0 Å². The van der Waals surface area contributed by atoms with Gasteiger partial charge in [0.25, 0.3) is 0 Å². The molecule has 1 N–H and O–H groups in total. The minimum atomic E-state index is -0.382. The Bertz CT molecular complexity index is 520. The third-order valence-corrected chi connectivity index (χ3v) is 3.58. The number of hydrogen-bond acceptors (Lipinski definition) is 4. The summed E-state index contributed by atoms with van der Waals surface area (Å²) in [4.78, 5) is 25.5. The molecule has 0 unspecified atom stereocenters. The number of para-hydroxylation sites is 1. The van der Waals surface area contributed by atoms with Gasteiger partial charge in [0.1, 0.15) is 6.61 Å². The van der Waals surface area contributed by atoms with E-state index in [0.29, 0.717) is 35.5 Å². The summed E-state index contributed by atoms with van der Waals surface area (Å²) in [5, 5.41) is 3.29. The molecule has 0 spiro atoms. The molecular formula is C15H20Cl2N2O4. The Balaban J connectivity index is 2.54. The third-order valence-electron chi connectivity index (χ3n) is 2.95. The van der Waals surface area contributed by atoms with Gasteiger partial charge in [0, 0.05) is 13.7 Å². The van der Waals surface area contributed by atoms with Crippen molar-refractivity contribution < 1.29 is 19.1 Å². The van der Waals surface area contributed by atoms with Gasteiger partial charge in [-0.3, -0.25) is 9.59 Å². The topological polar surface area (TPSA) is 67.9 Å². The highest BCUT2D eigenvalue weighted by molar-refractivity contribution is 6.39. The molecule has 8 heteroatoms. The maximum absolute atomic E-state index is 12.1. The fourth-order valence-electron chi connectivity index (χ4n) is 1.74. The first-order chi connectivity index (χ1) is 11.0. The third kappa shape index (κ3) is 6.74. The minimum Gasteiger partial charge on any atom is -0.382 e. The van der Waals surface area contributed by atoms with Crippen molar-refractivity contribution in [3.63, 3.8) is 0 Å². The summed E-state index contributed by atoms with van der Waals surface area (Å²) in [6, 6.07) is 4.92. The zero-order valence-corrected chi connectivity index (χ0v) is 14.6. The van der Waals surface area contributed by atoms with E-state index in [1.165, 1.54) is 4.90 Å². The van der Waals surface area contributed by atoms with Crippen LogP contribution in [0.4, 0.5) is 5.69 Å². The van der Waals surface area contributed by atoms with Crippen molar-refractivity contribution in [1.29, 1.82) is 0 Å². The van der Waals surface area contributed by atoms with E-state index < -0.39 is 0 Å². The zero-order chi connectivity index (χ0) is 17.2. The lowest BCUT2D eigenvalue weighted by Gasteiger charge is -2.20. The molecule has 0 bridgehead atoms. The molecule has 2 amide bonds. The van der Waals surface area contributed by atoms with Crippen LogP contribution in [0.5, 0.6) is 0 Å². The van der Waals surface area contributed by atoms with Crippen molar-refractivity contribution in [2.24, 2.45) is 0 Å². The van der Waals surface area contributed by atoms with E-state index in [9.17, 15) is 9.59 Å². The van der Waals surface area contributed by atoms with Crippen LogP contribution >= 0.6 is 23.2 Å². The number of nitrogens with one attached hydrogen (secondary N) is 1. The molecule has 0 radical (unpaired) electrons. The molecule has 0 aliphatic rings. The van der Waals surface area contributed by atoms with Crippen LogP contribution in [0.2, 0.25) is 10.0 Å². The van der Waals surface area contributed by atoms with Gasteiger partial charge in [-0.2, -0.15) is 0 Å². The van der Waals surface area contributed by atoms with Gasteiger partial charge >= 0.3 is 0 Å². The number of carbonyl (C=O) groups excluding carboxylic acids is 2.